The largest absolute Gasteiger partial charge is 0.491 e. The summed E-state index contributed by atoms with van der Waals surface area (Å²) >= 11 is 0. The van der Waals surface area contributed by atoms with Crippen molar-refractivity contribution in [2.24, 2.45) is 0 Å². The molecule has 3 nitrogen and oxygen atoms in total. The summed E-state index contributed by atoms with van der Waals surface area (Å²) in [5.74, 6) is 0.815. The third kappa shape index (κ3) is 6.38. The Labute approximate surface area is 145 Å². The van der Waals surface area contributed by atoms with Gasteiger partial charge < -0.3 is 14.7 Å². The first-order valence-corrected chi connectivity index (χ1v) is 8.25. The summed E-state index contributed by atoms with van der Waals surface area (Å²) in [6.07, 6.45) is 1.76. The molecule has 0 aliphatic carbocycles. The van der Waals surface area contributed by atoms with Gasteiger partial charge in [-0.25, -0.2) is 0 Å². The first-order chi connectivity index (χ1) is 10.7. The van der Waals surface area contributed by atoms with E-state index in [1.807, 2.05) is 24.3 Å². The van der Waals surface area contributed by atoms with Crippen molar-refractivity contribution in [3.8, 4) is 5.75 Å². The van der Waals surface area contributed by atoms with Crippen molar-refractivity contribution in [1.29, 1.82) is 0 Å². The van der Waals surface area contributed by atoms with E-state index in [9.17, 15) is 5.11 Å². The van der Waals surface area contributed by atoms with Crippen molar-refractivity contribution in [3.63, 3.8) is 0 Å². The Hall–Kier alpha value is -1.29. The maximum atomic E-state index is 10.2. The average molecular weight is 338 g/mol. The van der Waals surface area contributed by atoms with Crippen molar-refractivity contribution in [1.82, 2.24) is 4.90 Å². The van der Waals surface area contributed by atoms with E-state index in [-0.39, 0.29) is 12.4 Å². The number of benzene rings is 2. The van der Waals surface area contributed by atoms with E-state index in [4.69, 9.17) is 4.74 Å². The third-order valence-electron chi connectivity index (χ3n) is 3.71. The second-order valence-corrected chi connectivity index (χ2v) is 5.77. The van der Waals surface area contributed by atoms with Gasteiger partial charge in [-0.15, -0.1) is 12.4 Å². The molecule has 2 rings (SSSR count). The lowest BCUT2D eigenvalue weighted by molar-refractivity contribution is 0.0682. The van der Waals surface area contributed by atoms with Gasteiger partial charge in [-0.05, 0) is 48.8 Å². The minimum Gasteiger partial charge on any atom is -0.491 e. The highest BCUT2D eigenvalue weighted by Crippen LogP contribution is 2.20. The standard InChI is InChI=1S/C19H27NO2.ClH/c1-3-11-20(12-4-2)14-18(21)15-22-19-10-9-16-7-5-6-8-17(16)13-19;/h5-10,13,18,21H,3-4,11-12,14-15H2,1-2H3;1H. The predicted molar refractivity (Wildman–Crippen MR) is 99.7 cm³/mol. The van der Waals surface area contributed by atoms with Gasteiger partial charge in [0.1, 0.15) is 18.5 Å². The molecule has 128 valence electrons. The molecule has 0 amide bonds. The van der Waals surface area contributed by atoms with Gasteiger partial charge in [-0.2, -0.15) is 0 Å². The fourth-order valence-corrected chi connectivity index (χ4v) is 2.73. The molecule has 0 saturated carbocycles. The van der Waals surface area contributed by atoms with Crippen molar-refractivity contribution < 1.29 is 9.84 Å². The number of ether oxygens (including phenoxy) is 1. The van der Waals surface area contributed by atoms with Crippen LogP contribution >= 0.6 is 12.4 Å². The third-order valence-corrected chi connectivity index (χ3v) is 3.71. The number of halogens is 1. The zero-order valence-electron chi connectivity index (χ0n) is 14.1. The Morgan fingerprint density at radius 2 is 1.65 bits per heavy atom. The molecular weight excluding hydrogens is 310 g/mol. The number of fused-ring (bicyclic) bond motifs is 1. The summed E-state index contributed by atoms with van der Waals surface area (Å²) in [7, 11) is 0. The van der Waals surface area contributed by atoms with Crippen LogP contribution in [0.2, 0.25) is 0 Å². The van der Waals surface area contributed by atoms with Crippen LogP contribution in [0, 0.1) is 0 Å². The Morgan fingerprint density at radius 1 is 1.00 bits per heavy atom. The highest BCUT2D eigenvalue weighted by Gasteiger charge is 2.11. The van der Waals surface area contributed by atoms with Crippen molar-refractivity contribution >= 4 is 23.2 Å². The van der Waals surface area contributed by atoms with Crippen LogP contribution < -0.4 is 4.74 Å². The molecule has 0 saturated heterocycles. The van der Waals surface area contributed by atoms with Gasteiger partial charge in [0.15, 0.2) is 0 Å². The van der Waals surface area contributed by atoms with E-state index >= 15 is 0 Å². The van der Waals surface area contributed by atoms with Gasteiger partial charge in [0, 0.05) is 6.54 Å². The van der Waals surface area contributed by atoms with Crippen LogP contribution in [0.4, 0.5) is 0 Å². The lowest BCUT2D eigenvalue weighted by Gasteiger charge is -2.24. The number of aliphatic hydroxyl groups is 1. The molecule has 2 aromatic rings. The van der Waals surface area contributed by atoms with Crippen LogP contribution in [0.15, 0.2) is 42.5 Å². The molecular formula is C19H28ClNO2. The van der Waals surface area contributed by atoms with E-state index in [0.29, 0.717) is 13.2 Å². The SMILES string of the molecule is CCCN(CCC)CC(O)COc1ccc2ccccc2c1.Cl. The molecule has 0 bridgehead atoms. The van der Waals surface area contributed by atoms with E-state index in [0.717, 1.165) is 37.1 Å². The van der Waals surface area contributed by atoms with E-state index in [1.165, 1.54) is 5.39 Å². The molecule has 2 aromatic carbocycles. The summed E-state index contributed by atoms with van der Waals surface area (Å²) < 4.78 is 5.76. The van der Waals surface area contributed by atoms with Crippen molar-refractivity contribution in [3.05, 3.63) is 42.5 Å². The molecule has 0 spiro atoms. The van der Waals surface area contributed by atoms with Gasteiger partial charge in [0.05, 0.1) is 0 Å². The molecule has 1 unspecified atom stereocenters. The number of nitrogens with zero attached hydrogens (tertiary/aromatic N) is 1. The van der Waals surface area contributed by atoms with Crippen LogP contribution in [0.25, 0.3) is 10.8 Å². The first-order valence-electron chi connectivity index (χ1n) is 8.25. The lowest BCUT2D eigenvalue weighted by atomic mass is 10.1. The zero-order valence-corrected chi connectivity index (χ0v) is 14.9. The van der Waals surface area contributed by atoms with E-state index in [1.54, 1.807) is 0 Å². The van der Waals surface area contributed by atoms with Gasteiger partial charge in [-0.3, -0.25) is 0 Å². The molecule has 0 aliphatic heterocycles. The summed E-state index contributed by atoms with van der Waals surface area (Å²) in [4.78, 5) is 2.30. The van der Waals surface area contributed by atoms with E-state index in [2.05, 4.69) is 36.9 Å². The van der Waals surface area contributed by atoms with Gasteiger partial charge >= 0.3 is 0 Å². The van der Waals surface area contributed by atoms with Crippen LogP contribution in [0.1, 0.15) is 26.7 Å². The minimum absolute atomic E-state index is 0. The Balaban J connectivity index is 0.00000264. The fraction of sp³-hybridized carbons (Fsp3) is 0.474. The van der Waals surface area contributed by atoms with Crippen LogP contribution in [0.5, 0.6) is 5.75 Å². The summed E-state index contributed by atoms with van der Waals surface area (Å²) in [6.45, 7) is 7.40. The summed E-state index contributed by atoms with van der Waals surface area (Å²) in [6, 6.07) is 14.3. The number of aliphatic hydroxyl groups excluding tert-OH is 1. The van der Waals surface area contributed by atoms with Crippen LogP contribution in [0.3, 0.4) is 0 Å². The average Bonchev–Trinajstić information content (AvgIpc) is 2.53. The lowest BCUT2D eigenvalue weighted by Crippen LogP contribution is -2.36. The van der Waals surface area contributed by atoms with Crippen LogP contribution in [-0.4, -0.2) is 42.4 Å². The topological polar surface area (TPSA) is 32.7 Å². The molecule has 0 fully saturated rings. The highest BCUT2D eigenvalue weighted by molar-refractivity contribution is 5.85. The van der Waals surface area contributed by atoms with Gasteiger partial charge in [-0.1, -0.05) is 44.2 Å². The fourth-order valence-electron chi connectivity index (χ4n) is 2.73. The number of hydrogen-bond donors (Lipinski definition) is 1. The maximum Gasteiger partial charge on any atom is 0.120 e. The highest BCUT2D eigenvalue weighted by atomic mass is 35.5. The first kappa shape index (κ1) is 19.8. The van der Waals surface area contributed by atoms with Crippen molar-refractivity contribution in [2.45, 2.75) is 32.8 Å². The predicted octanol–water partition coefficient (Wildman–Crippen LogP) is 4.12. The smallest absolute Gasteiger partial charge is 0.120 e. The molecule has 0 radical (unpaired) electrons. The normalized spacial score (nSPS) is 12.2. The number of hydrogen-bond acceptors (Lipinski definition) is 3. The Kier molecular flexibility index (Phi) is 9.00. The number of rotatable bonds is 9. The molecule has 0 heterocycles. The zero-order chi connectivity index (χ0) is 15.8. The summed E-state index contributed by atoms with van der Waals surface area (Å²) in [5.41, 5.74) is 0. The molecule has 1 N–H and O–H groups in total. The molecule has 1 atom stereocenters. The van der Waals surface area contributed by atoms with Crippen LogP contribution in [-0.2, 0) is 0 Å². The second kappa shape index (κ2) is 10.5. The molecule has 4 heteroatoms. The Morgan fingerprint density at radius 3 is 2.30 bits per heavy atom. The molecule has 23 heavy (non-hydrogen) atoms. The molecule has 0 aromatic heterocycles. The summed E-state index contributed by atoms with van der Waals surface area (Å²) in [5, 5.41) is 12.5. The molecule has 0 aliphatic rings. The maximum absolute atomic E-state index is 10.2. The van der Waals surface area contributed by atoms with E-state index < -0.39 is 6.10 Å². The quantitative estimate of drug-likeness (QED) is 0.747. The minimum atomic E-state index is -0.454. The van der Waals surface area contributed by atoms with Crippen molar-refractivity contribution in [2.75, 3.05) is 26.2 Å². The van der Waals surface area contributed by atoms with Gasteiger partial charge in [0.2, 0.25) is 0 Å². The monoisotopic (exact) mass is 337 g/mol. The van der Waals surface area contributed by atoms with Gasteiger partial charge in [0.25, 0.3) is 0 Å². The Bertz CT molecular complexity index is 570. The second-order valence-electron chi connectivity index (χ2n) is 5.77.